The van der Waals surface area contributed by atoms with Crippen LogP contribution in [0.4, 0.5) is 4.39 Å². The Balaban J connectivity index is 2.37. The summed E-state index contributed by atoms with van der Waals surface area (Å²) in [7, 11) is 0. The highest BCUT2D eigenvalue weighted by atomic mass is 79.9. The number of ketones is 1. The van der Waals surface area contributed by atoms with Gasteiger partial charge < -0.3 is 0 Å². The van der Waals surface area contributed by atoms with Gasteiger partial charge in [0, 0.05) is 17.3 Å². The molecule has 0 atom stereocenters. The maximum Gasteiger partial charge on any atom is 0.162 e. The third-order valence-corrected chi connectivity index (χ3v) is 2.76. The zero-order chi connectivity index (χ0) is 11.1. The van der Waals surface area contributed by atoms with Gasteiger partial charge in [0.25, 0.3) is 0 Å². The molecule has 0 unspecified atom stereocenters. The summed E-state index contributed by atoms with van der Waals surface area (Å²) in [6, 6.07) is 5.74. The first-order chi connectivity index (χ1) is 7.24. The fourth-order valence-electron chi connectivity index (χ4n) is 1.34. The van der Waals surface area contributed by atoms with Crippen LogP contribution in [0.1, 0.15) is 36.0 Å². The van der Waals surface area contributed by atoms with Crippen LogP contribution in [0.5, 0.6) is 0 Å². The first-order valence-corrected chi connectivity index (χ1v) is 6.21. The molecule has 0 spiro atoms. The molecule has 82 valence electrons. The van der Waals surface area contributed by atoms with Gasteiger partial charge in [-0.2, -0.15) is 0 Å². The van der Waals surface area contributed by atoms with Crippen molar-refractivity contribution in [2.45, 2.75) is 25.7 Å². The summed E-state index contributed by atoms with van der Waals surface area (Å²) >= 11 is 3.34. The number of benzene rings is 1. The van der Waals surface area contributed by atoms with E-state index in [9.17, 15) is 9.18 Å². The van der Waals surface area contributed by atoms with Crippen molar-refractivity contribution in [3.63, 3.8) is 0 Å². The molecule has 3 heteroatoms. The van der Waals surface area contributed by atoms with Crippen molar-refractivity contribution in [1.82, 2.24) is 0 Å². The fourth-order valence-corrected chi connectivity index (χ4v) is 1.73. The summed E-state index contributed by atoms with van der Waals surface area (Å²) in [6.07, 6.45) is 3.61. The van der Waals surface area contributed by atoms with Gasteiger partial charge in [-0.1, -0.05) is 22.4 Å². The summed E-state index contributed by atoms with van der Waals surface area (Å²) in [5.74, 6) is -0.199. The van der Waals surface area contributed by atoms with Gasteiger partial charge >= 0.3 is 0 Å². The number of carbonyl (C=O) groups excluding carboxylic acids is 1. The minimum Gasteiger partial charge on any atom is -0.294 e. The first-order valence-electron chi connectivity index (χ1n) is 5.09. The number of alkyl halides is 1. The Morgan fingerprint density at radius 3 is 2.40 bits per heavy atom. The quantitative estimate of drug-likeness (QED) is 0.435. The Morgan fingerprint density at radius 1 is 1.13 bits per heavy atom. The minimum absolute atomic E-state index is 0.101. The van der Waals surface area contributed by atoms with E-state index < -0.39 is 0 Å². The highest BCUT2D eigenvalue weighted by Gasteiger charge is 2.04. The van der Waals surface area contributed by atoms with Gasteiger partial charge in [-0.05, 0) is 37.1 Å². The van der Waals surface area contributed by atoms with Crippen LogP contribution in [-0.4, -0.2) is 11.1 Å². The van der Waals surface area contributed by atoms with Gasteiger partial charge in [0.05, 0.1) is 0 Å². The van der Waals surface area contributed by atoms with Crippen LogP contribution in [0.15, 0.2) is 24.3 Å². The van der Waals surface area contributed by atoms with Crippen LogP contribution >= 0.6 is 15.9 Å². The molecule has 0 aromatic heterocycles. The van der Waals surface area contributed by atoms with Crippen molar-refractivity contribution >= 4 is 21.7 Å². The number of unbranched alkanes of at least 4 members (excludes halogenated alkanes) is 2. The second-order valence-corrected chi connectivity index (χ2v) is 4.22. The Labute approximate surface area is 97.8 Å². The van der Waals surface area contributed by atoms with Gasteiger partial charge in [0.15, 0.2) is 5.78 Å². The van der Waals surface area contributed by atoms with Gasteiger partial charge in [-0.15, -0.1) is 0 Å². The maximum absolute atomic E-state index is 12.6. The van der Waals surface area contributed by atoms with Crippen molar-refractivity contribution < 1.29 is 9.18 Å². The van der Waals surface area contributed by atoms with Crippen molar-refractivity contribution in [3.8, 4) is 0 Å². The van der Waals surface area contributed by atoms with Crippen molar-refractivity contribution in [1.29, 1.82) is 0 Å². The summed E-state index contributed by atoms with van der Waals surface area (Å²) in [5.41, 5.74) is 0.607. The topological polar surface area (TPSA) is 17.1 Å². The molecular formula is C12H14BrFO. The van der Waals surface area contributed by atoms with E-state index in [1.165, 1.54) is 12.1 Å². The molecule has 1 rings (SSSR count). The maximum atomic E-state index is 12.6. The Hall–Kier alpha value is -0.700. The van der Waals surface area contributed by atoms with E-state index in [2.05, 4.69) is 15.9 Å². The summed E-state index contributed by atoms with van der Waals surface area (Å²) < 4.78 is 12.6. The molecule has 0 radical (unpaired) electrons. The highest BCUT2D eigenvalue weighted by Crippen LogP contribution is 2.09. The number of halogens is 2. The third kappa shape index (κ3) is 4.56. The summed E-state index contributed by atoms with van der Waals surface area (Å²) in [6.45, 7) is 0. The lowest BCUT2D eigenvalue weighted by Crippen LogP contribution is -1.98. The largest absolute Gasteiger partial charge is 0.294 e. The Morgan fingerprint density at radius 2 is 1.80 bits per heavy atom. The lowest BCUT2D eigenvalue weighted by molar-refractivity contribution is 0.0979. The Bertz CT molecular complexity index is 308. The molecule has 1 nitrogen and oxygen atoms in total. The number of hydrogen-bond donors (Lipinski definition) is 0. The van der Waals surface area contributed by atoms with Crippen molar-refractivity contribution in [2.75, 3.05) is 5.33 Å². The van der Waals surface area contributed by atoms with E-state index in [0.717, 1.165) is 24.6 Å². The molecule has 0 aliphatic carbocycles. The predicted octanol–water partition coefficient (Wildman–Crippen LogP) is 3.96. The number of rotatable bonds is 6. The monoisotopic (exact) mass is 272 g/mol. The number of Topliss-reactive ketones (excluding diaryl/α,β-unsaturated/α-hetero) is 1. The second-order valence-electron chi connectivity index (χ2n) is 3.43. The molecule has 0 saturated carbocycles. The molecule has 0 aliphatic heterocycles. The van der Waals surface area contributed by atoms with Gasteiger partial charge in [-0.3, -0.25) is 4.79 Å². The van der Waals surface area contributed by atoms with Crippen LogP contribution < -0.4 is 0 Å². The van der Waals surface area contributed by atoms with Gasteiger partial charge in [0.1, 0.15) is 5.82 Å². The number of hydrogen-bond acceptors (Lipinski definition) is 1. The lowest BCUT2D eigenvalue weighted by atomic mass is 10.1. The first kappa shape index (κ1) is 12.4. The molecule has 0 aliphatic rings. The molecule has 0 amide bonds. The Kier molecular flexibility index (Phi) is 5.54. The van der Waals surface area contributed by atoms with Crippen LogP contribution in [0, 0.1) is 5.82 Å². The van der Waals surface area contributed by atoms with E-state index in [-0.39, 0.29) is 11.6 Å². The smallest absolute Gasteiger partial charge is 0.162 e. The van der Waals surface area contributed by atoms with E-state index in [1.54, 1.807) is 12.1 Å². The lowest BCUT2D eigenvalue weighted by Gasteiger charge is -2.00. The van der Waals surface area contributed by atoms with Crippen LogP contribution in [0.25, 0.3) is 0 Å². The van der Waals surface area contributed by atoms with E-state index in [0.29, 0.717) is 12.0 Å². The molecular weight excluding hydrogens is 259 g/mol. The standard InChI is InChI=1S/C12H14BrFO/c13-9-3-1-2-4-12(15)10-5-7-11(14)8-6-10/h5-8H,1-4,9H2. The molecule has 0 saturated heterocycles. The van der Waals surface area contributed by atoms with Crippen molar-refractivity contribution in [2.24, 2.45) is 0 Å². The third-order valence-electron chi connectivity index (χ3n) is 2.20. The molecule has 0 heterocycles. The molecule has 15 heavy (non-hydrogen) atoms. The summed E-state index contributed by atoms with van der Waals surface area (Å²) in [5, 5.41) is 0.984. The van der Waals surface area contributed by atoms with Gasteiger partial charge in [-0.25, -0.2) is 4.39 Å². The molecule has 0 bridgehead atoms. The average molecular weight is 273 g/mol. The van der Waals surface area contributed by atoms with Gasteiger partial charge in [0.2, 0.25) is 0 Å². The van der Waals surface area contributed by atoms with Crippen LogP contribution in [0.2, 0.25) is 0 Å². The van der Waals surface area contributed by atoms with E-state index in [4.69, 9.17) is 0 Å². The SMILES string of the molecule is O=C(CCCCCBr)c1ccc(F)cc1. The zero-order valence-electron chi connectivity index (χ0n) is 8.51. The fraction of sp³-hybridized carbons (Fsp3) is 0.417. The molecule has 1 aromatic rings. The molecule has 0 N–H and O–H groups in total. The van der Waals surface area contributed by atoms with E-state index >= 15 is 0 Å². The average Bonchev–Trinajstić information content (AvgIpc) is 2.25. The molecule has 0 fully saturated rings. The molecule has 1 aromatic carbocycles. The highest BCUT2D eigenvalue weighted by molar-refractivity contribution is 9.09. The van der Waals surface area contributed by atoms with E-state index in [1.807, 2.05) is 0 Å². The zero-order valence-corrected chi connectivity index (χ0v) is 10.1. The summed E-state index contributed by atoms with van der Waals surface area (Å²) in [4.78, 5) is 11.6. The normalized spacial score (nSPS) is 10.3. The second kappa shape index (κ2) is 6.72. The van der Waals surface area contributed by atoms with Crippen LogP contribution in [0.3, 0.4) is 0 Å². The van der Waals surface area contributed by atoms with Crippen LogP contribution in [-0.2, 0) is 0 Å². The van der Waals surface area contributed by atoms with Crippen molar-refractivity contribution in [3.05, 3.63) is 35.6 Å². The minimum atomic E-state index is -0.300. The predicted molar refractivity (Wildman–Crippen MR) is 63.0 cm³/mol. The number of carbonyl (C=O) groups is 1.